The van der Waals surface area contributed by atoms with Crippen LogP contribution in [-0.2, 0) is 13.0 Å². The van der Waals surface area contributed by atoms with Crippen LogP contribution in [0.2, 0.25) is 5.02 Å². The van der Waals surface area contributed by atoms with Crippen LogP contribution < -0.4 is 10.4 Å². The maximum Gasteiger partial charge on any atom is 0.336 e. The van der Waals surface area contributed by atoms with E-state index in [9.17, 15) is 4.79 Å². The van der Waals surface area contributed by atoms with E-state index in [0.29, 0.717) is 29.6 Å². The van der Waals surface area contributed by atoms with E-state index in [4.69, 9.17) is 20.8 Å². The molecule has 1 unspecified atom stereocenters. The van der Waals surface area contributed by atoms with E-state index in [1.807, 2.05) is 31.2 Å². The van der Waals surface area contributed by atoms with E-state index in [0.717, 1.165) is 22.9 Å². The van der Waals surface area contributed by atoms with Gasteiger partial charge in [0, 0.05) is 24.0 Å². The monoisotopic (exact) mass is 369 g/mol. The topological polar surface area (TPSA) is 42.7 Å². The predicted molar refractivity (Wildman–Crippen MR) is 103 cm³/mol. The van der Waals surface area contributed by atoms with Crippen LogP contribution in [-0.4, -0.2) is 11.6 Å². The van der Waals surface area contributed by atoms with Gasteiger partial charge in [-0.15, -0.1) is 0 Å². The summed E-state index contributed by atoms with van der Waals surface area (Å²) in [6.07, 6.45) is 0.738. The second kappa shape index (κ2) is 6.78. The van der Waals surface area contributed by atoms with Gasteiger partial charge in [0.15, 0.2) is 0 Å². The van der Waals surface area contributed by atoms with Crippen molar-refractivity contribution in [2.45, 2.75) is 32.9 Å². The molecular weight excluding hydrogens is 350 g/mol. The summed E-state index contributed by atoms with van der Waals surface area (Å²) >= 11 is 6.47. The molecule has 0 spiro atoms. The third-order valence-electron chi connectivity index (χ3n) is 5.07. The minimum Gasteiger partial charge on any atom is -0.476 e. The minimum atomic E-state index is -0.341. The molecule has 0 bridgehead atoms. The van der Waals surface area contributed by atoms with Crippen molar-refractivity contribution in [1.29, 1.82) is 0 Å². The van der Waals surface area contributed by atoms with Crippen LogP contribution in [0.15, 0.2) is 51.7 Å². The number of rotatable bonds is 3. The van der Waals surface area contributed by atoms with Crippen LogP contribution >= 0.6 is 11.6 Å². The number of halogens is 1. The van der Waals surface area contributed by atoms with Gasteiger partial charge in [-0.05, 0) is 30.5 Å². The Balaban J connectivity index is 1.82. The highest BCUT2D eigenvalue weighted by atomic mass is 35.5. The van der Waals surface area contributed by atoms with Gasteiger partial charge in [0.1, 0.15) is 18.1 Å². The van der Waals surface area contributed by atoms with Gasteiger partial charge < -0.3 is 9.15 Å². The van der Waals surface area contributed by atoms with E-state index in [1.54, 1.807) is 6.07 Å². The van der Waals surface area contributed by atoms with Gasteiger partial charge in [-0.3, -0.25) is 4.90 Å². The Morgan fingerprint density at radius 3 is 2.73 bits per heavy atom. The van der Waals surface area contributed by atoms with Gasteiger partial charge in [0.25, 0.3) is 0 Å². The summed E-state index contributed by atoms with van der Waals surface area (Å²) in [7, 11) is 0. The quantitative estimate of drug-likeness (QED) is 0.614. The molecule has 0 N–H and O–H groups in total. The second-order valence-corrected chi connectivity index (χ2v) is 7.00. The molecule has 0 saturated heterocycles. The molecular formula is C21H20ClNO3. The van der Waals surface area contributed by atoms with Crippen molar-refractivity contribution < 1.29 is 9.15 Å². The van der Waals surface area contributed by atoms with Crippen molar-refractivity contribution in [3.05, 3.63) is 74.6 Å². The van der Waals surface area contributed by atoms with Crippen molar-refractivity contribution in [3.63, 3.8) is 0 Å². The van der Waals surface area contributed by atoms with Gasteiger partial charge >= 0.3 is 5.63 Å². The lowest BCUT2D eigenvalue weighted by molar-refractivity contribution is 0.0621. The highest BCUT2D eigenvalue weighted by Gasteiger charge is 2.28. The third kappa shape index (κ3) is 2.89. The molecule has 1 aliphatic rings. The van der Waals surface area contributed by atoms with E-state index in [-0.39, 0.29) is 11.7 Å². The summed E-state index contributed by atoms with van der Waals surface area (Å²) < 4.78 is 11.5. The minimum absolute atomic E-state index is 0.166. The smallest absolute Gasteiger partial charge is 0.336 e. The van der Waals surface area contributed by atoms with Crippen LogP contribution in [0.1, 0.15) is 36.6 Å². The Morgan fingerprint density at radius 1 is 1.23 bits per heavy atom. The first-order valence-electron chi connectivity index (χ1n) is 8.78. The number of hydrogen-bond acceptors (Lipinski definition) is 4. The lowest BCUT2D eigenvalue weighted by Gasteiger charge is -2.34. The Labute approximate surface area is 156 Å². The standard InChI is InChI=1S/C21H20ClNO3/c1-3-14-9-19(24)26-20-16(14)10-18(22)21-17(20)11-23(12-25-21)13(2)15-7-5-4-6-8-15/h4-10,13H,3,11-12H2,1-2H3. The molecule has 26 heavy (non-hydrogen) atoms. The number of nitrogens with zero attached hydrogens (tertiary/aromatic N) is 1. The Kier molecular flexibility index (Phi) is 4.47. The molecule has 0 radical (unpaired) electrons. The predicted octanol–water partition coefficient (Wildman–Crippen LogP) is 4.92. The Bertz CT molecular complexity index is 1010. The summed E-state index contributed by atoms with van der Waals surface area (Å²) in [5, 5.41) is 1.44. The number of hydrogen-bond donors (Lipinski definition) is 0. The Hall–Kier alpha value is -2.30. The average Bonchev–Trinajstić information content (AvgIpc) is 2.68. The summed E-state index contributed by atoms with van der Waals surface area (Å²) in [6, 6.07) is 13.8. The third-order valence-corrected chi connectivity index (χ3v) is 5.35. The average molecular weight is 370 g/mol. The first kappa shape index (κ1) is 17.1. The fourth-order valence-corrected chi connectivity index (χ4v) is 3.83. The number of benzene rings is 2. The molecule has 1 aliphatic heterocycles. The zero-order valence-corrected chi connectivity index (χ0v) is 15.5. The fourth-order valence-electron chi connectivity index (χ4n) is 3.55. The zero-order valence-electron chi connectivity index (χ0n) is 14.8. The summed E-state index contributed by atoms with van der Waals surface area (Å²) in [5.74, 6) is 0.618. The number of fused-ring (bicyclic) bond motifs is 3. The molecule has 0 aliphatic carbocycles. The van der Waals surface area contributed by atoms with E-state index in [1.165, 1.54) is 5.56 Å². The second-order valence-electron chi connectivity index (χ2n) is 6.59. The largest absolute Gasteiger partial charge is 0.476 e. The SMILES string of the molecule is CCc1cc(=O)oc2c3c(c(Cl)cc12)OCN(C(C)c1ccccc1)C3. The van der Waals surface area contributed by atoms with Gasteiger partial charge in [0.2, 0.25) is 0 Å². The molecule has 4 rings (SSSR count). The molecule has 2 heterocycles. The Morgan fingerprint density at radius 2 is 2.00 bits per heavy atom. The maximum absolute atomic E-state index is 12.0. The lowest BCUT2D eigenvalue weighted by atomic mass is 10.0. The van der Waals surface area contributed by atoms with Gasteiger partial charge in [-0.2, -0.15) is 0 Å². The first-order valence-corrected chi connectivity index (χ1v) is 9.16. The summed E-state index contributed by atoms with van der Waals surface area (Å²) in [6.45, 7) is 5.20. The maximum atomic E-state index is 12.0. The van der Waals surface area contributed by atoms with Crippen LogP contribution in [0.5, 0.6) is 5.75 Å². The van der Waals surface area contributed by atoms with E-state index < -0.39 is 0 Å². The van der Waals surface area contributed by atoms with Crippen molar-refractivity contribution in [2.75, 3.05) is 6.73 Å². The van der Waals surface area contributed by atoms with Crippen LogP contribution in [0.25, 0.3) is 11.0 Å². The normalized spacial score (nSPS) is 15.5. The fraction of sp³-hybridized carbons (Fsp3) is 0.286. The van der Waals surface area contributed by atoms with Crippen molar-refractivity contribution in [1.82, 2.24) is 4.90 Å². The molecule has 3 aromatic rings. The molecule has 1 atom stereocenters. The van der Waals surface area contributed by atoms with Crippen LogP contribution in [0.4, 0.5) is 0 Å². The van der Waals surface area contributed by atoms with E-state index in [2.05, 4.69) is 24.0 Å². The highest BCUT2D eigenvalue weighted by Crippen LogP contribution is 2.40. The molecule has 0 fully saturated rings. The van der Waals surface area contributed by atoms with Crippen LogP contribution in [0.3, 0.4) is 0 Å². The van der Waals surface area contributed by atoms with Crippen molar-refractivity contribution >= 4 is 22.6 Å². The molecule has 5 heteroatoms. The zero-order chi connectivity index (χ0) is 18.3. The van der Waals surface area contributed by atoms with Crippen molar-refractivity contribution in [3.8, 4) is 5.75 Å². The molecule has 0 amide bonds. The molecule has 2 aromatic carbocycles. The van der Waals surface area contributed by atoms with Crippen LogP contribution in [0, 0.1) is 0 Å². The van der Waals surface area contributed by atoms with Gasteiger partial charge in [-0.1, -0.05) is 48.9 Å². The summed E-state index contributed by atoms with van der Waals surface area (Å²) in [4.78, 5) is 14.2. The van der Waals surface area contributed by atoms with Gasteiger partial charge in [0.05, 0.1) is 10.6 Å². The number of ether oxygens (including phenoxy) is 1. The summed E-state index contributed by atoms with van der Waals surface area (Å²) in [5.41, 5.74) is 3.23. The highest BCUT2D eigenvalue weighted by molar-refractivity contribution is 6.33. The van der Waals surface area contributed by atoms with Crippen molar-refractivity contribution in [2.24, 2.45) is 0 Å². The lowest BCUT2D eigenvalue weighted by Crippen LogP contribution is -2.34. The van der Waals surface area contributed by atoms with E-state index >= 15 is 0 Å². The molecule has 1 aromatic heterocycles. The molecule has 0 saturated carbocycles. The first-order chi connectivity index (χ1) is 12.6. The van der Waals surface area contributed by atoms with Gasteiger partial charge in [-0.25, -0.2) is 4.79 Å². The molecule has 4 nitrogen and oxygen atoms in total. The number of aryl methyl sites for hydroxylation is 1. The molecule has 134 valence electrons.